The summed E-state index contributed by atoms with van der Waals surface area (Å²) in [4.78, 5) is 12.6. The second-order valence-corrected chi connectivity index (χ2v) is 8.60. The number of hydrogen-bond acceptors (Lipinski definition) is 8. The molecule has 0 aliphatic heterocycles. The zero-order valence-electron chi connectivity index (χ0n) is 15.1. The minimum Gasteiger partial charge on any atom is -0.389 e. The van der Waals surface area contributed by atoms with E-state index >= 15 is 0 Å². The minimum atomic E-state index is -3.77. The summed E-state index contributed by atoms with van der Waals surface area (Å²) in [6.45, 7) is 1.84. The maximum Gasteiger partial charge on any atom is 0.240 e. The number of nitrogen functional groups attached to an aromatic ring is 1. The molecule has 28 heavy (non-hydrogen) atoms. The van der Waals surface area contributed by atoms with Gasteiger partial charge in [0.2, 0.25) is 10.0 Å². The van der Waals surface area contributed by atoms with Gasteiger partial charge in [0.15, 0.2) is 11.6 Å². The Balaban J connectivity index is 1.71. The first-order chi connectivity index (χ1) is 13.3. The third-order valence-corrected chi connectivity index (χ3v) is 6.03. The first-order valence-electron chi connectivity index (χ1n) is 8.58. The van der Waals surface area contributed by atoms with Crippen LogP contribution in [-0.4, -0.2) is 50.4 Å². The van der Waals surface area contributed by atoms with Crippen molar-refractivity contribution in [3.8, 4) is 17.1 Å². The van der Waals surface area contributed by atoms with Crippen LogP contribution in [0.2, 0.25) is 0 Å². The maximum absolute atomic E-state index is 12.6. The van der Waals surface area contributed by atoms with Gasteiger partial charge in [-0.15, -0.1) is 0 Å². The normalized spacial score (nSPS) is 15.5. The molecule has 0 amide bonds. The zero-order chi connectivity index (χ0) is 19.9. The molecule has 0 atom stereocenters. The van der Waals surface area contributed by atoms with Gasteiger partial charge in [0.1, 0.15) is 12.7 Å². The summed E-state index contributed by atoms with van der Waals surface area (Å²) in [5.74, 6) is 0.478. The largest absolute Gasteiger partial charge is 0.389 e. The fourth-order valence-corrected chi connectivity index (χ4v) is 3.83. The number of anilines is 1. The Bertz CT molecular complexity index is 1130. The molecule has 3 aromatic rings. The van der Waals surface area contributed by atoms with Crippen molar-refractivity contribution in [3.63, 3.8) is 0 Å². The van der Waals surface area contributed by atoms with Crippen molar-refractivity contribution >= 4 is 15.8 Å². The van der Waals surface area contributed by atoms with Crippen LogP contribution in [0.1, 0.15) is 18.4 Å². The Morgan fingerprint density at radius 3 is 2.82 bits per heavy atom. The Morgan fingerprint density at radius 1 is 1.36 bits per heavy atom. The average molecular weight is 401 g/mol. The topological polar surface area (TPSA) is 149 Å². The number of hydrogen-bond donors (Lipinski definition) is 3. The molecule has 10 nitrogen and oxygen atoms in total. The number of nitrogens with zero attached hydrogens (tertiary/aromatic N) is 5. The molecule has 2 heterocycles. The molecule has 1 saturated carbocycles. The standard InChI is InChI=1S/C17H19N7O3S/c1-11-2-3-12(28(26,27)22-8-17(25)4-5-17)6-13(11)14-7-20-15(18)16(23-14)24-10-19-9-21-24/h2-3,6-7,9-10,22,25H,4-5,8H2,1H3,(H2,18,20). The molecule has 4 rings (SSSR count). The number of aryl methyl sites for hydroxylation is 1. The number of aromatic nitrogens is 5. The summed E-state index contributed by atoms with van der Waals surface area (Å²) >= 11 is 0. The fraction of sp³-hybridized carbons (Fsp3) is 0.294. The zero-order valence-corrected chi connectivity index (χ0v) is 15.9. The van der Waals surface area contributed by atoms with Gasteiger partial charge in [-0.05, 0) is 37.5 Å². The van der Waals surface area contributed by atoms with Crippen molar-refractivity contribution < 1.29 is 13.5 Å². The van der Waals surface area contributed by atoms with Crippen LogP contribution < -0.4 is 10.5 Å². The summed E-state index contributed by atoms with van der Waals surface area (Å²) in [5.41, 5.74) is 6.84. The van der Waals surface area contributed by atoms with Crippen LogP contribution >= 0.6 is 0 Å². The van der Waals surface area contributed by atoms with Crippen molar-refractivity contribution in [2.75, 3.05) is 12.3 Å². The SMILES string of the molecule is Cc1ccc(S(=O)(=O)NCC2(O)CC2)cc1-c1cnc(N)c(-n2cncn2)n1. The maximum atomic E-state index is 12.6. The Kier molecular flexibility index (Phi) is 4.37. The molecule has 0 spiro atoms. The lowest BCUT2D eigenvalue weighted by Gasteiger charge is -2.13. The molecule has 1 aliphatic rings. The second-order valence-electron chi connectivity index (χ2n) is 6.83. The average Bonchev–Trinajstić information content (AvgIpc) is 3.17. The molecule has 11 heteroatoms. The number of sulfonamides is 1. The van der Waals surface area contributed by atoms with Crippen molar-refractivity contribution in [1.29, 1.82) is 0 Å². The summed E-state index contributed by atoms with van der Waals surface area (Å²) in [6.07, 6.45) is 5.48. The number of nitrogens with one attached hydrogen (secondary N) is 1. The van der Waals surface area contributed by atoms with Crippen molar-refractivity contribution in [3.05, 3.63) is 42.6 Å². The highest BCUT2D eigenvalue weighted by Gasteiger charge is 2.41. The summed E-state index contributed by atoms with van der Waals surface area (Å²) in [7, 11) is -3.77. The Labute approximate surface area is 161 Å². The molecular weight excluding hydrogens is 382 g/mol. The summed E-state index contributed by atoms with van der Waals surface area (Å²) in [5, 5.41) is 13.9. The predicted molar refractivity (Wildman–Crippen MR) is 101 cm³/mol. The second kappa shape index (κ2) is 6.62. The van der Waals surface area contributed by atoms with Crippen LogP contribution in [0, 0.1) is 6.92 Å². The molecule has 0 radical (unpaired) electrons. The van der Waals surface area contributed by atoms with Crippen LogP contribution in [0.25, 0.3) is 17.1 Å². The first kappa shape index (κ1) is 18.5. The van der Waals surface area contributed by atoms with Crippen LogP contribution in [0.5, 0.6) is 0 Å². The van der Waals surface area contributed by atoms with E-state index in [0.717, 1.165) is 5.56 Å². The number of nitrogens with two attached hydrogens (primary N) is 1. The van der Waals surface area contributed by atoms with E-state index in [1.807, 2.05) is 6.92 Å². The van der Waals surface area contributed by atoms with Crippen molar-refractivity contribution in [2.24, 2.45) is 0 Å². The van der Waals surface area contributed by atoms with Gasteiger partial charge >= 0.3 is 0 Å². The Hall–Kier alpha value is -2.89. The van der Waals surface area contributed by atoms with Gasteiger partial charge in [0.05, 0.1) is 22.4 Å². The van der Waals surface area contributed by atoms with Gasteiger partial charge in [-0.1, -0.05) is 6.07 Å². The van der Waals surface area contributed by atoms with Gasteiger partial charge in [0, 0.05) is 12.1 Å². The van der Waals surface area contributed by atoms with Gasteiger partial charge in [-0.25, -0.2) is 28.1 Å². The van der Waals surface area contributed by atoms with Crippen LogP contribution in [0.15, 0.2) is 41.9 Å². The molecule has 1 fully saturated rings. The van der Waals surface area contributed by atoms with Crippen LogP contribution in [-0.2, 0) is 10.0 Å². The van der Waals surface area contributed by atoms with Gasteiger partial charge < -0.3 is 10.8 Å². The van der Waals surface area contributed by atoms with Gasteiger partial charge in [-0.3, -0.25) is 0 Å². The lowest BCUT2D eigenvalue weighted by atomic mass is 10.1. The fourth-order valence-electron chi connectivity index (χ4n) is 2.68. The van der Waals surface area contributed by atoms with Gasteiger partial charge in [0.25, 0.3) is 0 Å². The molecule has 0 unspecified atom stereocenters. The summed E-state index contributed by atoms with van der Waals surface area (Å²) in [6, 6.07) is 4.74. The quantitative estimate of drug-likeness (QED) is 0.538. The van der Waals surface area contributed by atoms with Crippen LogP contribution in [0.3, 0.4) is 0 Å². The monoisotopic (exact) mass is 401 g/mol. The van der Waals surface area contributed by atoms with Crippen molar-refractivity contribution in [1.82, 2.24) is 29.5 Å². The highest BCUT2D eigenvalue weighted by Crippen LogP contribution is 2.34. The van der Waals surface area contributed by atoms with E-state index in [2.05, 4.69) is 24.8 Å². The summed E-state index contributed by atoms with van der Waals surface area (Å²) < 4.78 is 29.1. The smallest absolute Gasteiger partial charge is 0.240 e. The predicted octanol–water partition coefficient (Wildman–Crippen LogP) is 0.418. The first-order valence-corrected chi connectivity index (χ1v) is 10.1. The van der Waals surface area contributed by atoms with E-state index in [1.165, 1.54) is 35.7 Å². The van der Waals surface area contributed by atoms with Crippen LogP contribution in [0.4, 0.5) is 5.82 Å². The molecule has 2 aromatic heterocycles. The molecule has 146 valence electrons. The minimum absolute atomic E-state index is 0.00331. The van der Waals surface area contributed by atoms with Gasteiger partial charge in [-0.2, -0.15) is 9.78 Å². The van der Waals surface area contributed by atoms with E-state index in [1.54, 1.807) is 6.07 Å². The number of rotatable bonds is 6. The van der Waals surface area contributed by atoms with E-state index in [9.17, 15) is 13.5 Å². The molecule has 0 saturated heterocycles. The number of benzene rings is 1. The van der Waals surface area contributed by atoms with E-state index in [0.29, 0.717) is 29.9 Å². The van der Waals surface area contributed by atoms with E-state index in [4.69, 9.17) is 5.73 Å². The highest BCUT2D eigenvalue weighted by atomic mass is 32.2. The Morgan fingerprint density at radius 2 is 2.14 bits per heavy atom. The number of aliphatic hydroxyl groups is 1. The third kappa shape index (κ3) is 3.59. The molecule has 4 N–H and O–H groups in total. The third-order valence-electron chi connectivity index (χ3n) is 4.63. The lowest BCUT2D eigenvalue weighted by Crippen LogP contribution is -2.33. The molecular formula is C17H19N7O3S. The van der Waals surface area contributed by atoms with E-state index < -0.39 is 15.6 Å². The van der Waals surface area contributed by atoms with E-state index in [-0.39, 0.29) is 17.3 Å². The van der Waals surface area contributed by atoms with Crippen molar-refractivity contribution in [2.45, 2.75) is 30.3 Å². The molecule has 0 bridgehead atoms. The molecule has 1 aromatic carbocycles. The molecule has 1 aliphatic carbocycles. The lowest BCUT2D eigenvalue weighted by molar-refractivity contribution is 0.155. The highest BCUT2D eigenvalue weighted by molar-refractivity contribution is 7.89.